The Morgan fingerprint density at radius 2 is 2.27 bits per heavy atom. The first-order chi connectivity index (χ1) is 12.4. The van der Waals surface area contributed by atoms with Crippen LogP contribution in [0.5, 0.6) is 5.75 Å². The van der Waals surface area contributed by atoms with Crippen molar-refractivity contribution in [3.8, 4) is 5.75 Å². The molecule has 2 rings (SSSR count). The quantitative estimate of drug-likeness (QED) is 0.302. The van der Waals surface area contributed by atoms with Crippen molar-refractivity contribution in [2.24, 2.45) is 5.10 Å². The molecule has 0 fully saturated rings. The van der Waals surface area contributed by atoms with E-state index in [1.165, 1.54) is 25.5 Å². The molecule has 0 bridgehead atoms. The smallest absolute Gasteiger partial charge is 0.343 e. The molecule has 0 aliphatic carbocycles. The van der Waals surface area contributed by atoms with Crippen molar-refractivity contribution in [1.82, 2.24) is 4.98 Å². The minimum Gasteiger partial charge on any atom is -0.479 e. The van der Waals surface area contributed by atoms with Gasteiger partial charge in [0.15, 0.2) is 12.4 Å². The van der Waals surface area contributed by atoms with Crippen LogP contribution < -0.4 is 10.2 Å². The van der Waals surface area contributed by atoms with E-state index in [2.05, 4.69) is 36.2 Å². The number of esters is 1. The maximum atomic E-state index is 11.1. The van der Waals surface area contributed by atoms with Crippen LogP contribution in [0.3, 0.4) is 0 Å². The van der Waals surface area contributed by atoms with Crippen LogP contribution in [0.2, 0.25) is 5.02 Å². The summed E-state index contributed by atoms with van der Waals surface area (Å²) in [5.74, 6) is 0.118. The maximum Gasteiger partial charge on any atom is 0.343 e. The monoisotopic (exact) mass is 442 g/mol. The van der Waals surface area contributed by atoms with Gasteiger partial charge in [0.25, 0.3) is 5.69 Å². The molecule has 0 saturated heterocycles. The predicted octanol–water partition coefficient (Wildman–Crippen LogP) is 3.40. The van der Waals surface area contributed by atoms with Crippen LogP contribution in [0.4, 0.5) is 11.5 Å². The number of rotatable bonds is 7. The topological polar surface area (TPSA) is 116 Å². The van der Waals surface area contributed by atoms with Crippen LogP contribution in [0.1, 0.15) is 5.56 Å². The number of carbonyl (C=O) groups excluding carboxylic acids is 1. The molecule has 2 aromatic rings. The van der Waals surface area contributed by atoms with Gasteiger partial charge in [0, 0.05) is 6.07 Å². The van der Waals surface area contributed by atoms with Crippen molar-refractivity contribution in [3.05, 3.63) is 55.6 Å². The van der Waals surface area contributed by atoms with Gasteiger partial charge in [0.1, 0.15) is 12.0 Å². The second kappa shape index (κ2) is 9.11. The van der Waals surface area contributed by atoms with Crippen molar-refractivity contribution in [2.45, 2.75) is 0 Å². The Kier molecular flexibility index (Phi) is 6.87. The average molecular weight is 444 g/mol. The van der Waals surface area contributed by atoms with Crippen molar-refractivity contribution < 1.29 is 19.2 Å². The summed E-state index contributed by atoms with van der Waals surface area (Å²) in [5, 5.41) is 14.8. The molecule has 136 valence electrons. The second-order valence-electron chi connectivity index (χ2n) is 4.71. The van der Waals surface area contributed by atoms with Gasteiger partial charge in [-0.3, -0.25) is 15.5 Å². The summed E-state index contributed by atoms with van der Waals surface area (Å²) in [5.41, 5.74) is 3.17. The third-order valence-electron chi connectivity index (χ3n) is 2.93. The molecule has 0 spiro atoms. The molecule has 1 aromatic carbocycles. The molecule has 0 aliphatic rings. The molecule has 1 aromatic heterocycles. The lowest BCUT2D eigenvalue weighted by atomic mass is 10.2. The summed E-state index contributed by atoms with van der Waals surface area (Å²) < 4.78 is 10.3. The number of nitrogens with zero attached hydrogens (tertiary/aromatic N) is 3. The number of anilines is 1. The fourth-order valence-corrected chi connectivity index (χ4v) is 2.70. The Morgan fingerprint density at radius 3 is 2.85 bits per heavy atom. The Hall–Kier alpha value is -2.72. The molecule has 0 amide bonds. The van der Waals surface area contributed by atoms with Gasteiger partial charge in [-0.25, -0.2) is 9.78 Å². The van der Waals surface area contributed by atoms with E-state index in [9.17, 15) is 14.9 Å². The van der Waals surface area contributed by atoms with Gasteiger partial charge in [0.2, 0.25) is 0 Å². The number of nitrogens with one attached hydrogen (secondary N) is 1. The summed E-state index contributed by atoms with van der Waals surface area (Å²) in [6.07, 6.45) is 2.60. The first-order valence-electron chi connectivity index (χ1n) is 6.99. The van der Waals surface area contributed by atoms with E-state index in [1.54, 1.807) is 12.1 Å². The van der Waals surface area contributed by atoms with Crippen LogP contribution in [0, 0.1) is 10.1 Å². The van der Waals surface area contributed by atoms with Gasteiger partial charge in [-0.2, -0.15) is 5.10 Å². The summed E-state index contributed by atoms with van der Waals surface area (Å²) in [6.45, 7) is -0.268. The number of benzene rings is 1. The molecule has 1 N–H and O–H groups in total. The number of halogens is 2. The molecule has 0 radical (unpaired) electrons. The fraction of sp³-hybridized carbons (Fsp3) is 0.133. The molecule has 0 unspecified atom stereocenters. The number of ether oxygens (including phenoxy) is 2. The van der Waals surface area contributed by atoms with Gasteiger partial charge in [0.05, 0.1) is 27.7 Å². The summed E-state index contributed by atoms with van der Waals surface area (Å²) >= 11 is 9.45. The van der Waals surface area contributed by atoms with E-state index in [1.807, 2.05) is 0 Å². The number of carbonyl (C=O) groups is 1. The lowest BCUT2D eigenvalue weighted by molar-refractivity contribution is -0.385. The number of hydrogen-bond acceptors (Lipinski definition) is 8. The molecule has 0 saturated carbocycles. The van der Waals surface area contributed by atoms with E-state index in [0.29, 0.717) is 21.6 Å². The zero-order valence-corrected chi connectivity index (χ0v) is 15.7. The summed E-state index contributed by atoms with van der Waals surface area (Å²) in [6, 6.07) is 6.02. The van der Waals surface area contributed by atoms with Crippen LogP contribution in [0.25, 0.3) is 0 Å². The first-order valence-corrected chi connectivity index (χ1v) is 8.16. The number of hydrogen-bond donors (Lipinski definition) is 1. The van der Waals surface area contributed by atoms with Crippen molar-refractivity contribution in [3.63, 3.8) is 0 Å². The molecular formula is C15H12BrClN4O5. The van der Waals surface area contributed by atoms with E-state index in [0.717, 1.165) is 6.20 Å². The third-order valence-corrected chi connectivity index (χ3v) is 3.80. The normalized spacial score (nSPS) is 10.6. The molecule has 26 heavy (non-hydrogen) atoms. The van der Waals surface area contributed by atoms with E-state index in [-0.39, 0.29) is 17.3 Å². The molecule has 0 atom stereocenters. The minimum atomic E-state index is -0.538. The van der Waals surface area contributed by atoms with Crippen molar-refractivity contribution in [2.75, 3.05) is 19.1 Å². The predicted molar refractivity (Wildman–Crippen MR) is 98.8 cm³/mol. The number of methoxy groups -OCH3 is 1. The van der Waals surface area contributed by atoms with Gasteiger partial charge < -0.3 is 9.47 Å². The molecule has 11 heteroatoms. The highest BCUT2D eigenvalue weighted by atomic mass is 79.9. The van der Waals surface area contributed by atoms with E-state index in [4.69, 9.17) is 16.3 Å². The molecular weight excluding hydrogens is 432 g/mol. The maximum absolute atomic E-state index is 11.1. The number of nitro groups is 1. The molecule has 9 nitrogen and oxygen atoms in total. The van der Waals surface area contributed by atoms with Crippen LogP contribution >= 0.6 is 27.5 Å². The summed E-state index contributed by atoms with van der Waals surface area (Å²) in [7, 11) is 1.26. The lowest BCUT2D eigenvalue weighted by Gasteiger charge is -2.09. The highest BCUT2D eigenvalue weighted by Crippen LogP contribution is 2.34. The van der Waals surface area contributed by atoms with Gasteiger partial charge in [-0.05, 0) is 39.7 Å². The largest absolute Gasteiger partial charge is 0.479 e. The van der Waals surface area contributed by atoms with Crippen LogP contribution in [0.15, 0.2) is 40.0 Å². The third kappa shape index (κ3) is 5.39. The van der Waals surface area contributed by atoms with Crippen molar-refractivity contribution in [1.29, 1.82) is 0 Å². The van der Waals surface area contributed by atoms with Crippen LogP contribution in [-0.4, -0.2) is 35.8 Å². The second-order valence-corrected chi connectivity index (χ2v) is 5.97. The van der Waals surface area contributed by atoms with Gasteiger partial charge >= 0.3 is 5.97 Å². The van der Waals surface area contributed by atoms with Gasteiger partial charge in [-0.15, -0.1) is 0 Å². The Balaban J connectivity index is 2.03. The zero-order valence-electron chi connectivity index (χ0n) is 13.3. The molecule has 0 aliphatic heterocycles. The SMILES string of the molecule is COC(=O)COc1c(Cl)cc(/C=N/Nc2ccc([N+](=O)[O-])cn2)cc1Br. The summed E-state index contributed by atoms with van der Waals surface area (Å²) in [4.78, 5) is 25.0. The Morgan fingerprint density at radius 1 is 1.50 bits per heavy atom. The van der Waals surface area contributed by atoms with E-state index >= 15 is 0 Å². The van der Waals surface area contributed by atoms with Gasteiger partial charge in [-0.1, -0.05) is 11.6 Å². The number of hydrazone groups is 1. The molecule has 1 heterocycles. The lowest BCUT2D eigenvalue weighted by Crippen LogP contribution is -2.13. The Bertz CT molecular complexity index is 821. The van der Waals surface area contributed by atoms with E-state index < -0.39 is 10.9 Å². The standard InChI is InChI=1S/C15H12BrClN4O5/c1-25-14(22)8-26-15-11(16)4-9(5-12(15)17)6-19-20-13-3-2-10(7-18-13)21(23)24/h2-7H,8H2,1H3,(H,18,20)/b19-6+. The number of pyridine rings is 1. The highest BCUT2D eigenvalue weighted by Gasteiger charge is 2.11. The highest BCUT2D eigenvalue weighted by molar-refractivity contribution is 9.10. The Labute approximate surface area is 161 Å². The first kappa shape index (κ1) is 19.6. The minimum absolute atomic E-state index is 0.113. The fourth-order valence-electron chi connectivity index (χ4n) is 1.72. The average Bonchev–Trinajstić information content (AvgIpc) is 2.61. The number of aromatic nitrogens is 1. The van der Waals surface area contributed by atoms with Crippen LogP contribution in [-0.2, 0) is 9.53 Å². The zero-order chi connectivity index (χ0) is 19.1. The van der Waals surface area contributed by atoms with Crippen molar-refractivity contribution >= 4 is 51.2 Å².